The van der Waals surface area contributed by atoms with Crippen LogP contribution in [0.1, 0.15) is 19.8 Å². The van der Waals surface area contributed by atoms with Crippen molar-refractivity contribution in [2.24, 2.45) is 5.92 Å². The van der Waals surface area contributed by atoms with Crippen molar-refractivity contribution >= 4 is 34.3 Å². The van der Waals surface area contributed by atoms with Crippen LogP contribution in [0.2, 0.25) is 0 Å². The molecule has 4 rings (SSSR count). The van der Waals surface area contributed by atoms with Crippen molar-refractivity contribution < 1.29 is 23.8 Å². The second kappa shape index (κ2) is 11.1. The number of carbonyl (C=O) groups is 2. The summed E-state index contributed by atoms with van der Waals surface area (Å²) in [5.41, 5.74) is 0.579. The number of aromatic nitrogens is 2. The summed E-state index contributed by atoms with van der Waals surface area (Å²) < 4.78 is 17.0. The van der Waals surface area contributed by atoms with E-state index < -0.39 is 5.69 Å². The molecule has 1 amide bonds. The molecule has 0 bridgehead atoms. The van der Waals surface area contributed by atoms with E-state index in [-0.39, 0.29) is 24.3 Å². The van der Waals surface area contributed by atoms with E-state index in [9.17, 15) is 14.4 Å². The Kier molecular flexibility index (Phi) is 7.72. The average molecular weight is 495 g/mol. The van der Waals surface area contributed by atoms with Crippen molar-refractivity contribution in [3.05, 3.63) is 52.9 Å². The van der Waals surface area contributed by atoms with Crippen LogP contribution in [-0.2, 0) is 20.9 Å². The lowest BCUT2D eigenvalue weighted by Gasteiger charge is -2.32. The molecule has 0 radical (unpaired) electrons. The molecule has 0 atom stereocenters. The van der Waals surface area contributed by atoms with Crippen LogP contribution < -0.4 is 25.4 Å². The molecule has 36 heavy (non-hydrogen) atoms. The first kappa shape index (κ1) is 25.0. The third-order valence-corrected chi connectivity index (χ3v) is 6.22. The highest BCUT2D eigenvalue weighted by atomic mass is 16.5. The van der Waals surface area contributed by atoms with E-state index in [4.69, 9.17) is 14.2 Å². The van der Waals surface area contributed by atoms with Gasteiger partial charge < -0.3 is 24.4 Å². The van der Waals surface area contributed by atoms with E-state index >= 15 is 0 Å². The van der Waals surface area contributed by atoms with Crippen molar-refractivity contribution in [3.63, 3.8) is 0 Å². The third kappa shape index (κ3) is 5.42. The summed E-state index contributed by atoms with van der Waals surface area (Å²) in [6.45, 7) is 3.12. The Hall–Kier alpha value is -4.08. The zero-order valence-corrected chi connectivity index (χ0v) is 20.7. The number of anilines is 2. The molecule has 1 aliphatic rings. The molecule has 190 valence electrons. The molecule has 2 aromatic carbocycles. The molecule has 1 aliphatic heterocycles. The van der Waals surface area contributed by atoms with Gasteiger partial charge in [-0.3, -0.25) is 14.2 Å². The molecule has 0 spiro atoms. The maximum Gasteiger partial charge on any atom is 0.350 e. The minimum Gasteiger partial charge on any atom is -0.497 e. The molecule has 0 saturated carbocycles. The lowest BCUT2D eigenvalue weighted by Crippen LogP contribution is -2.39. The number of esters is 1. The van der Waals surface area contributed by atoms with Gasteiger partial charge in [0, 0.05) is 42.4 Å². The molecule has 10 nitrogen and oxygen atoms in total. The van der Waals surface area contributed by atoms with Crippen molar-refractivity contribution in [2.75, 3.05) is 44.1 Å². The highest BCUT2D eigenvalue weighted by Gasteiger charge is 2.28. The summed E-state index contributed by atoms with van der Waals surface area (Å²) in [5.74, 6) is 0.918. The van der Waals surface area contributed by atoms with Crippen molar-refractivity contribution in [3.8, 4) is 11.5 Å². The number of methoxy groups -OCH3 is 2. The van der Waals surface area contributed by atoms with E-state index in [1.807, 2.05) is 23.1 Å². The molecule has 2 heterocycles. The smallest absolute Gasteiger partial charge is 0.350 e. The van der Waals surface area contributed by atoms with E-state index in [1.165, 1.54) is 18.8 Å². The summed E-state index contributed by atoms with van der Waals surface area (Å²) in [4.78, 5) is 44.4. The number of benzene rings is 2. The molecule has 1 N–H and O–H groups in total. The Bertz CT molecular complexity index is 1290. The number of rotatable bonds is 8. The van der Waals surface area contributed by atoms with Crippen LogP contribution in [0.5, 0.6) is 11.5 Å². The number of piperidine rings is 1. The SMILES string of the molecule is CCOC(=O)C1CCN(c2nc(=O)n(CC(=O)Nc3cc(OC)cc(OC)c3)c3ccccc23)CC1. The maximum absolute atomic E-state index is 13.1. The van der Waals surface area contributed by atoms with Gasteiger partial charge in [0.05, 0.1) is 32.3 Å². The van der Waals surface area contributed by atoms with Crippen molar-refractivity contribution in [1.82, 2.24) is 9.55 Å². The number of fused-ring (bicyclic) bond motifs is 1. The minimum atomic E-state index is -0.519. The van der Waals surface area contributed by atoms with Crippen molar-refractivity contribution in [2.45, 2.75) is 26.3 Å². The first-order valence-electron chi connectivity index (χ1n) is 11.9. The Morgan fingerprint density at radius 2 is 1.72 bits per heavy atom. The number of hydrogen-bond donors (Lipinski definition) is 1. The van der Waals surface area contributed by atoms with E-state index in [0.717, 1.165) is 5.39 Å². The van der Waals surface area contributed by atoms with E-state index in [2.05, 4.69) is 10.3 Å². The summed E-state index contributed by atoms with van der Waals surface area (Å²) >= 11 is 0. The van der Waals surface area contributed by atoms with Gasteiger partial charge in [-0.2, -0.15) is 4.98 Å². The maximum atomic E-state index is 13.1. The van der Waals surface area contributed by atoms with Crippen LogP contribution in [-0.4, -0.2) is 55.3 Å². The first-order chi connectivity index (χ1) is 17.4. The predicted molar refractivity (Wildman–Crippen MR) is 136 cm³/mol. The zero-order chi connectivity index (χ0) is 25.7. The van der Waals surface area contributed by atoms with E-state index in [0.29, 0.717) is 61.1 Å². The Morgan fingerprint density at radius 1 is 1.06 bits per heavy atom. The highest BCUT2D eigenvalue weighted by molar-refractivity contribution is 5.94. The number of nitrogens with zero attached hydrogens (tertiary/aromatic N) is 3. The molecule has 1 saturated heterocycles. The number of amides is 1. The van der Waals surface area contributed by atoms with Crippen LogP contribution in [0.25, 0.3) is 10.9 Å². The molecule has 1 aromatic heterocycles. The Morgan fingerprint density at radius 3 is 2.36 bits per heavy atom. The van der Waals surface area contributed by atoms with Gasteiger partial charge in [0.1, 0.15) is 23.9 Å². The number of hydrogen-bond acceptors (Lipinski definition) is 8. The van der Waals surface area contributed by atoms with Gasteiger partial charge in [0.2, 0.25) is 5.91 Å². The van der Waals surface area contributed by atoms with Crippen molar-refractivity contribution in [1.29, 1.82) is 0 Å². The van der Waals surface area contributed by atoms with Gasteiger partial charge in [-0.1, -0.05) is 12.1 Å². The lowest BCUT2D eigenvalue weighted by molar-refractivity contribution is -0.148. The highest BCUT2D eigenvalue weighted by Crippen LogP contribution is 2.29. The molecule has 0 unspecified atom stereocenters. The van der Waals surface area contributed by atoms with E-state index in [1.54, 1.807) is 31.2 Å². The number of para-hydroxylation sites is 1. The van der Waals surface area contributed by atoms with Gasteiger partial charge in [-0.25, -0.2) is 4.79 Å². The fourth-order valence-electron chi connectivity index (χ4n) is 4.42. The second-order valence-electron chi connectivity index (χ2n) is 8.48. The zero-order valence-electron chi connectivity index (χ0n) is 20.7. The Labute approximate surface area is 208 Å². The molecular formula is C26H30N4O6. The first-order valence-corrected chi connectivity index (χ1v) is 11.9. The Balaban J connectivity index is 1.56. The third-order valence-electron chi connectivity index (χ3n) is 6.22. The fourth-order valence-corrected chi connectivity index (χ4v) is 4.42. The van der Waals surface area contributed by atoms with Gasteiger partial charge in [-0.05, 0) is 31.9 Å². The number of ether oxygens (including phenoxy) is 3. The topological polar surface area (TPSA) is 112 Å². The molecule has 0 aliphatic carbocycles. The second-order valence-corrected chi connectivity index (χ2v) is 8.48. The normalized spacial score (nSPS) is 13.9. The summed E-state index contributed by atoms with van der Waals surface area (Å²) in [7, 11) is 3.05. The number of carbonyl (C=O) groups excluding carboxylic acids is 2. The summed E-state index contributed by atoms with van der Waals surface area (Å²) in [6, 6.07) is 12.4. The molecule has 3 aromatic rings. The molecule has 1 fully saturated rings. The van der Waals surface area contributed by atoms with Crippen LogP contribution in [0, 0.1) is 5.92 Å². The fraction of sp³-hybridized carbons (Fsp3) is 0.385. The average Bonchev–Trinajstić information content (AvgIpc) is 2.90. The van der Waals surface area contributed by atoms with Crippen LogP contribution in [0.4, 0.5) is 11.5 Å². The van der Waals surface area contributed by atoms with Crippen LogP contribution in [0.15, 0.2) is 47.3 Å². The largest absolute Gasteiger partial charge is 0.497 e. The quantitative estimate of drug-likeness (QED) is 0.476. The monoisotopic (exact) mass is 494 g/mol. The lowest BCUT2D eigenvalue weighted by atomic mass is 9.97. The summed E-state index contributed by atoms with van der Waals surface area (Å²) in [5, 5.41) is 3.56. The van der Waals surface area contributed by atoms with Gasteiger partial charge in [0.25, 0.3) is 0 Å². The van der Waals surface area contributed by atoms with Gasteiger partial charge in [0.15, 0.2) is 0 Å². The molecular weight excluding hydrogens is 464 g/mol. The van der Waals surface area contributed by atoms with Gasteiger partial charge in [-0.15, -0.1) is 0 Å². The van der Waals surface area contributed by atoms with Gasteiger partial charge >= 0.3 is 11.7 Å². The number of nitrogens with one attached hydrogen (secondary N) is 1. The molecule has 10 heteroatoms. The minimum absolute atomic E-state index is 0.147. The predicted octanol–water partition coefficient (Wildman–Crippen LogP) is 2.83. The standard InChI is InChI=1S/C26H30N4O6/c1-4-36-25(32)17-9-11-29(12-10-17)24-21-7-5-6-8-22(21)30(26(33)28-24)16-23(31)27-18-13-19(34-2)15-20(14-18)35-3/h5-8,13-15,17H,4,9-12,16H2,1-3H3,(H,27,31). The summed E-state index contributed by atoms with van der Waals surface area (Å²) in [6.07, 6.45) is 1.26. The van der Waals surface area contributed by atoms with Crippen LogP contribution in [0.3, 0.4) is 0 Å². The van der Waals surface area contributed by atoms with Crippen LogP contribution >= 0.6 is 0 Å².